The molecule has 9 nitrogen and oxygen atoms in total. The third kappa shape index (κ3) is 7.57. The average Bonchev–Trinajstić information content (AvgIpc) is 3.01. The number of hydrogen-bond acceptors (Lipinski definition) is 6. The summed E-state index contributed by atoms with van der Waals surface area (Å²) >= 11 is 0. The summed E-state index contributed by atoms with van der Waals surface area (Å²) in [5, 5.41) is 9.41. The second kappa shape index (κ2) is 14.0. The first-order chi connectivity index (χ1) is 20.4. The number of carbonyl (C=O) groups is 3. The predicted octanol–water partition coefficient (Wildman–Crippen LogP) is 3.31. The standard InChI is InChI=1S/C33H42N4O5/c1-41-27-12-10-26(11-13-27)34-30(38)23-37-18-14-28-25(22-37)9-5-6-15-33(16-19-42-20-17-33)32(40)36-29(31(39)35-28)21-24-7-3-2-4-8-24/h2-8,10-13,25,28-29H,9,14-23H2,1H3,(H,34,38)(H,35,39)(H,36,40)/b6-5+/t25-,28-,29-/m0/s1. The molecule has 3 amide bonds. The molecule has 0 bridgehead atoms. The highest BCUT2D eigenvalue weighted by Crippen LogP contribution is 2.36. The van der Waals surface area contributed by atoms with Crippen molar-refractivity contribution in [2.24, 2.45) is 11.3 Å². The smallest absolute Gasteiger partial charge is 0.243 e. The Balaban J connectivity index is 1.29. The molecule has 42 heavy (non-hydrogen) atoms. The molecular formula is C33H42N4O5. The second-order valence-electron chi connectivity index (χ2n) is 11.7. The van der Waals surface area contributed by atoms with Gasteiger partial charge in [-0.3, -0.25) is 19.3 Å². The van der Waals surface area contributed by atoms with Gasteiger partial charge in [-0.05, 0) is 67.9 Å². The van der Waals surface area contributed by atoms with Gasteiger partial charge in [0.25, 0.3) is 0 Å². The maximum Gasteiger partial charge on any atom is 0.243 e. The fourth-order valence-electron chi connectivity index (χ4n) is 6.28. The first-order valence-corrected chi connectivity index (χ1v) is 15.0. The zero-order valence-electron chi connectivity index (χ0n) is 24.3. The largest absolute Gasteiger partial charge is 0.497 e. The van der Waals surface area contributed by atoms with E-state index in [-0.39, 0.29) is 36.2 Å². The summed E-state index contributed by atoms with van der Waals surface area (Å²) < 4.78 is 10.8. The van der Waals surface area contributed by atoms with Crippen LogP contribution in [-0.2, 0) is 25.5 Å². The molecule has 3 aliphatic rings. The number of fused-ring (bicyclic) bond motifs is 1. The third-order valence-corrected chi connectivity index (χ3v) is 8.84. The number of anilines is 1. The Morgan fingerprint density at radius 2 is 1.81 bits per heavy atom. The van der Waals surface area contributed by atoms with E-state index < -0.39 is 11.5 Å². The molecule has 224 valence electrons. The number of nitrogens with one attached hydrogen (secondary N) is 3. The van der Waals surface area contributed by atoms with Crippen molar-refractivity contribution in [1.29, 1.82) is 0 Å². The van der Waals surface area contributed by atoms with Crippen LogP contribution in [0.1, 0.15) is 37.7 Å². The van der Waals surface area contributed by atoms with Crippen LogP contribution in [0.25, 0.3) is 0 Å². The van der Waals surface area contributed by atoms with E-state index in [1.54, 1.807) is 7.11 Å². The van der Waals surface area contributed by atoms with E-state index >= 15 is 0 Å². The van der Waals surface area contributed by atoms with Crippen LogP contribution < -0.4 is 20.7 Å². The van der Waals surface area contributed by atoms with Gasteiger partial charge in [-0.2, -0.15) is 0 Å². The number of methoxy groups -OCH3 is 1. The van der Waals surface area contributed by atoms with Crippen LogP contribution in [0.15, 0.2) is 66.7 Å². The first-order valence-electron chi connectivity index (χ1n) is 15.0. The summed E-state index contributed by atoms with van der Waals surface area (Å²) in [6.07, 6.45) is 8.08. The van der Waals surface area contributed by atoms with E-state index in [1.165, 1.54) is 0 Å². The molecular weight excluding hydrogens is 532 g/mol. The number of piperidine rings is 1. The Hall–Kier alpha value is -3.69. The van der Waals surface area contributed by atoms with Crippen LogP contribution in [-0.4, -0.2) is 74.7 Å². The van der Waals surface area contributed by atoms with Gasteiger partial charge >= 0.3 is 0 Å². The van der Waals surface area contributed by atoms with Gasteiger partial charge in [0.2, 0.25) is 17.7 Å². The van der Waals surface area contributed by atoms with Crippen molar-refractivity contribution < 1.29 is 23.9 Å². The molecule has 3 aliphatic heterocycles. The van der Waals surface area contributed by atoms with Gasteiger partial charge in [-0.15, -0.1) is 0 Å². The van der Waals surface area contributed by atoms with E-state index in [4.69, 9.17) is 9.47 Å². The highest BCUT2D eigenvalue weighted by molar-refractivity contribution is 5.92. The second-order valence-corrected chi connectivity index (χ2v) is 11.7. The molecule has 1 spiro atoms. The summed E-state index contributed by atoms with van der Waals surface area (Å²) in [5.41, 5.74) is 1.14. The Morgan fingerprint density at radius 3 is 2.55 bits per heavy atom. The zero-order chi connectivity index (χ0) is 29.4. The van der Waals surface area contributed by atoms with Crippen molar-refractivity contribution >= 4 is 23.4 Å². The first kappa shape index (κ1) is 29.8. The minimum Gasteiger partial charge on any atom is -0.497 e. The van der Waals surface area contributed by atoms with E-state index in [1.807, 2.05) is 54.6 Å². The lowest BCUT2D eigenvalue weighted by Crippen LogP contribution is -2.58. The van der Waals surface area contributed by atoms with Crippen molar-refractivity contribution in [2.75, 3.05) is 45.3 Å². The molecule has 2 aromatic carbocycles. The molecule has 0 radical (unpaired) electrons. The maximum absolute atomic E-state index is 13.8. The molecule has 2 saturated heterocycles. The number of hydrogen-bond donors (Lipinski definition) is 3. The van der Waals surface area contributed by atoms with Crippen LogP contribution in [0.3, 0.4) is 0 Å². The Kier molecular flexibility index (Phi) is 9.92. The molecule has 5 rings (SSSR count). The molecule has 0 unspecified atom stereocenters. The summed E-state index contributed by atoms with van der Waals surface area (Å²) in [6.45, 7) is 2.74. The van der Waals surface area contributed by atoms with Crippen molar-refractivity contribution in [3.05, 3.63) is 72.3 Å². The van der Waals surface area contributed by atoms with Gasteiger partial charge in [0.15, 0.2) is 0 Å². The number of allylic oxidation sites excluding steroid dienone is 2. The van der Waals surface area contributed by atoms with Crippen LogP contribution in [0, 0.1) is 11.3 Å². The summed E-state index contributed by atoms with van der Waals surface area (Å²) in [5.74, 6) is 0.589. The molecule has 0 aliphatic carbocycles. The average molecular weight is 575 g/mol. The molecule has 3 N–H and O–H groups in total. The monoisotopic (exact) mass is 574 g/mol. The third-order valence-electron chi connectivity index (χ3n) is 8.84. The maximum atomic E-state index is 13.8. The van der Waals surface area contributed by atoms with Crippen LogP contribution >= 0.6 is 0 Å². The zero-order valence-corrected chi connectivity index (χ0v) is 24.3. The van der Waals surface area contributed by atoms with Crippen LogP contribution in [0.4, 0.5) is 5.69 Å². The van der Waals surface area contributed by atoms with E-state index in [9.17, 15) is 14.4 Å². The van der Waals surface area contributed by atoms with Gasteiger partial charge in [-0.1, -0.05) is 42.5 Å². The van der Waals surface area contributed by atoms with E-state index in [2.05, 4.69) is 33.0 Å². The normalized spacial score (nSPS) is 25.6. The molecule has 0 saturated carbocycles. The van der Waals surface area contributed by atoms with Gasteiger partial charge in [0.1, 0.15) is 11.8 Å². The number of carbonyl (C=O) groups excluding carboxylic acids is 3. The Labute approximate surface area is 248 Å². The number of nitrogens with zero attached hydrogens (tertiary/aromatic N) is 1. The predicted molar refractivity (Wildman–Crippen MR) is 161 cm³/mol. The van der Waals surface area contributed by atoms with Crippen molar-refractivity contribution in [1.82, 2.24) is 15.5 Å². The van der Waals surface area contributed by atoms with Crippen molar-refractivity contribution in [2.45, 2.75) is 50.6 Å². The number of likely N-dealkylation sites (tertiary alicyclic amines) is 1. The molecule has 3 heterocycles. The molecule has 2 fully saturated rings. The highest BCUT2D eigenvalue weighted by atomic mass is 16.5. The number of rotatable bonds is 6. The Morgan fingerprint density at radius 1 is 1.05 bits per heavy atom. The topological polar surface area (TPSA) is 109 Å². The lowest BCUT2D eigenvalue weighted by atomic mass is 9.75. The fourth-order valence-corrected chi connectivity index (χ4v) is 6.28. The van der Waals surface area contributed by atoms with Gasteiger partial charge < -0.3 is 25.4 Å². The minimum absolute atomic E-state index is 0.0466. The van der Waals surface area contributed by atoms with Crippen LogP contribution in [0.5, 0.6) is 5.75 Å². The van der Waals surface area contributed by atoms with Crippen LogP contribution in [0.2, 0.25) is 0 Å². The van der Waals surface area contributed by atoms with Gasteiger partial charge in [0, 0.05) is 44.5 Å². The molecule has 9 heteroatoms. The minimum atomic E-state index is -0.669. The lowest BCUT2D eigenvalue weighted by molar-refractivity contribution is -0.140. The summed E-state index contributed by atoms with van der Waals surface area (Å²) in [4.78, 5) is 42.5. The number of benzene rings is 2. The number of amides is 3. The number of ether oxygens (including phenoxy) is 2. The van der Waals surface area contributed by atoms with E-state index in [0.29, 0.717) is 52.0 Å². The summed E-state index contributed by atoms with van der Waals surface area (Å²) in [7, 11) is 1.61. The lowest BCUT2D eigenvalue weighted by Gasteiger charge is -2.40. The van der Waals surface area contributed by atoms with Crippen molar-refractivity contribution in [3.63, 3.8) is 0 Å². The SMILES string of the molecule is COc1ccc(NC(=O)CN2CC[C@@H]3NC(=O)[C@H](Cc4ccccc4)NC(=O)C4(C/C=C/C[C@H]3C2)CCOCC4)cc1. The highest BCUT2D eigenvalue weighted by Gasteiger charge is 2.41. The molecule has 0 aromatic heterocycles. The van der Waals surface area contributed by atoms with E-state index in [0.717, 1.165) is 29.8 Å². The van der Waals surface area contributed by atoms with Crippen molar-refractivity contribution in [3.8, 4) is 5.75 Å². The van der Waals surface area contributed by atoms with Gasteiger partial charge in [0.05, 0.1) is 19.1 Å². The Bertz CT molecular complexity index is 1240. The molecule has 2 aromatic rings. The summed E-state index contributed by atoms with van der Waals surface area (Å²) in [6, 6.07) is 16.4. The van der Waals surface area contributed by atoms with Gasteiger partial charge in [-0.25, -0.2) is 0 Å². The quantitative estimate of drug-likeness (QED) is 0.457. The molecule has 3 atom stereocenters. The fraction of sp³-hybridized carbons (Fsp3) is 0.485.